The maximum absolute atomic E-state index is 12.2. The first-order valence-electron chi connectivity index (χ1n) is 5.87. The fourth-order valence-electron chi connectivity index (χ4n) is 2.12. The predicted molar refractivity (Wildman–Crippen MR) is 70.3 cm³/mol. The summed E-state index contributed by atoms with van der Waals surface area (Å²) in [6.07, 6.45) is 0.728. The molecule has 0 aromatic heterocycles. The Balaban J connectivity index is 2.27. The largest absolute Gasteiger partial charge is 0.354 e. The minimum atomic E-state index is -0.206. The van der Waals surface area contributed by atoms with Gasteiger partial charge in [0.15, 0.2) is 6.23 Å². The molecule has 3 nitrogen and oxygen atoms in total. The highest BCUT2D eigenvalue weighted by Crippen LogP contribution is 2.34. The van der Waals surface area contributed by atoms with Crippen molar-refractivity contribution in [2.45, 2.75) is 19.6 Å². The monoisotopic (exact) mass is 297 g/mol. The van der Waals surface area contributed by atoms with Gasteiger partial charge < -0.3 is 9.64 Å². The molecule has 0 N–H and O–H groups in total. The molecule has 0 radical (unpaired) electrons. The zero-order valence-electron chi connectivity index (χ0n) is 9.86. The first-order valence-corrected chi connectivity index (χ1v) is 6.99. The molecule has 1 aromatic rings. The van der Waals surface area contributed by atoms with Gasteiger partial charge in [-0.05, 0) is 19.4 Å². The molecule has 1 atom stereocenters. The van der Waals surface area contributed by atoms with Crippen LogP contribution in [-0.4, -0.2) is 29.3 Å². The lowest BCUT2D eigenvalue weighted by Crippen LogP contribution is -2.30. The minimum Gasteiger partial charge on any atom is -0.354 e. The van der Waals surface area contributed by atoms with Crippen LogP contribution in [-0.2, 0) is 4.74 Å². The molecule has 0 fully saturated rings. The normalized spacial score (nSPS) is 18.6. The maximum Gasteiger partial charge on any atom is 0.256 e. The van der Waals surface area contributed by atoms with Crippen molar-refractivity contribution in [3.05, 3.63) is 35.4 Å². The first kappa shape index (κ1) is 12.6. The number of alkyl halides is 1. The third kappa shape index (κ3) is 2.38. The van der Waals surface area contributed by atoms with Gasteiger partial charge in [-0.25, -0.2) is 0 Å². The van der Waals surface area contributed by atoms with Gasteiger partial charge in [0.2, 0.25) is 0 Å². The SMILES string of the molecule is CCOC1c2ccccc2C(=O)N1CCCBr. The highest BCUT2D eigenvalue weighted by atomic mass is 79.9. The second kappa shape index (κ2) is 5.65. The Bertz CT molecular complexity index is 408. The summed E-state index contributed by atoms with van der Waals surface area (Å²) in [5.41, 5.74) is 1.77. The highest BCUT2D eigenvalue weighted by Gasteiger charge is 2.36. The van der Waals surface area contributed by atoms with Gasteiger partial charge in [0.05, 0.1) is 0 Å². The smallest absolute Gasteiger partial charge is 0.256 e. The molecular formula is C13H16BrNO2. The third-order valence-corrected chi connectivity index (χ3v) is 3.42. The van der Waals surface area contributed by atoms with Crippen molar-refractivity contribution in [3.63, 3.8) is 0 Å². The number of carbonyl (C=O) groups is 1. The molecular weight excluding hydrogens is 282 g/mol. The van der Waals surface area contributed by atoms with Crippen molar-refractivity contribution in [2.24, 2.45) is 0 Å². The number of hydrogen-bond acceptors (Lipinski definition) is 2. The van der Waals surface area contributed by atoms with Crippen LogP contribution in [0.3, 0.4) is 0 Å². The van der Waals surface area contributed by atoms with Gasteiger partial charge in [-0.3, -0.25) is 4.79 Å². The van der Waals surface area contributed by atoms with Gasteiger partial charge in [-0.15, -0.1) is 0 Å². The van der Waals surface area contributed by atoms with E-state index in [0.717, 1.165) is 29.4 Å². The lowest BCUT2D eigenvalue weighted by molar-refractivity contribution is -0.0338. The van der Waals surface area contributed by atoms with E-state index in [0.29, 0.717) is 6.61 Å². The average Bonchev–Trinajstić information content (AvgIpc) is 2.62. The second-order valence-corrected chi connectivity index (χ2v) is 4.73. The zero-order valence-corrected chi connectivity index (χ0v) is 11.4. The van der Waals surface area contributed by atoms with E-state index in [1.54, 1.807) is 0 Å². The molecule has 1 aliphatic heterocycles. The summed E-state index contributed by atoms with van der Waals surface area (Å²) in [5.74, 6) is 0.0833. The number of fused-ring (bicyclic) bond motifs is 1. The van der Waals surface area contributed by atoms with Crippen molar-refractivity contribution >= 4 is 21.8 Å². The minimum absolute atomic E-state index is 0.0833. The molecule has 0 bridgehead atoms. The number of hydrogen-bond donors (Lipinski definition) is 0. The molecule has 4 heteroatoms. The lowest BCUT2D eigenvalue weighted by Gasteiger charge is -2.24. The first-order chi connectivity index (χ1) is 8.29. The van der Waals surface area contributed by atoms with Crippen LogP contribution in [0.1, 0.15) is 35.5 Å². The van der Waals surface area contributed by atoms with Crippen molar-refractivity contribution in [2.75, 3.05) is 18.5 Å². The van der Waals surface area contributed by atoms with Crippen LogP contribution in [0.5, 0.6) is 0 Å². The van der Waals surface area contributed by atoms with Gasteiger partial charge in [0, 0.05) is 29.6 Å². The molecule has 1 aromatic carbocycles. The van der Waals surface area contributed by atoms with Crippen molar-refractivity contribution in [1.82, 2.24) is 4.90 Å². The molecule has 1 amide bonds. The van der Waals surface area contributed by atoms with E-state index in [2.05, 4.69) is 15.9 Å². The Morgan fingerprint density at radius 2 is 2.18 bits per heavy atom. The van der Waals surface area contributed by atoms with Gasteiger partial charge in [-0.2, -0.15) is 0 Å². The number of carbonyl (C=O) groups excluding carboxylic acids is 1. The van der Waals surface area contributed by atoms with E-state index >= 15 is 0 Å². The van der Waals surface area contributed by atoms with Crippen molar-refractivity contribution in [3.8, 4) is 0 Å². The van der Waals surface area contributed by atoms with Gasteiger partial charge in [0.25, 0.3) is 5.91 Å². The molecule has 0 saturated heterocycles. The molecule has 1 heterocycles. The fraction of sp³-hybridized carbons (Fsp3) is 0.462. The number of benzene rings is 1. The Kier molecular flexibility index (Phi) is 4.18. The Hall–Kier alpha value is -0.870. The van der Waals surface area contributed by atoms with Crippen molar-refractivity contribution < 1.29 is 9.53 Å². The summed E-state index contributed by atoms with van der Waals surface area (Å²) >= 11 is 3.39. The maximum atomic E-state index is 12.2. The van der Waals surface area contributed by atoms with Gasteiger partial charge >= 0.3 is 0 Å². The average molecular weight is 298 g/mol. The van der Waals surface area contributed by atoms with Crippen LogP contribution in [0.15, 0.2) is 24.3 Å². The van der Waals surface area contributed by atoms with E-state index in [1.165, 1.54) is 0 Å². The fourth-order valence-corrected chi connectivity index (χ4v) is 2.37. The summed E-state index contributed by atoms with van der Waals surface area (Å²) in [4.78, 5) is 14.0. The number of amides is 1. The van der Waals surface area contributed by atoms with Crippen LogP contribution in [0.2, 0.25) is 0 Å². The van der Waals surface area contributed by atoms with Gasteiger partial charge in [0.1, 0.15) is 0 Å². The number of halogens is 1. The van der Waals surface area contributed by atoms with Crippen LogP contribution in [0.25, 0.3) is 0 Å². The van der Waals surface area contributed by atoms with Crippen molar-refractivity contribution in [1.29, 1.82) is 0 Å². The topological polar surface area (TPSA) is 29.5 Å². The van der Waals surface area contributed by atoms with Crippen LogP contribution in [0, 0.1) is 0 Å². The Morgan fingerprint density at radius 1 is 1.41 bits per heavy atom. The van der Waals surface area contributed by atoms with E-state index in [1.807, 2.05) is 36.1 Å². The summed E-state index contributed by atoms with van der Waals surface area (Å²) in [6.45, 7) is 3.29. The van der Waals surface area contributed by atoms with Crippen LogP contribution >= 0.6 is 15.9 Å². The molecule has 1 unspecified atom stereocenters. The van der Waals surface area contributed by atoms with Crippen LogP contribution < -0.4 is 0 Å². The quantitative estimate of drug-likeness (QED) is 0.782. The number of rotatable bonds is 5. The Morgan fingerprint density at radius 3 is 2.88 bits per heavy atom. The molecule has 0 spiro atoms. The number of ether oxygens (including phenoxy) is 1. The molecule has 1 aliphatic rings. The molecule has 17 heavy (non-hydrogen) atoms. The third-order valence-electron chi connectivity index (χ3n) is 2.86. The summed E-state index contributed by atoms with van der Waals surface area (Å²) in [6, 6.07) is 7.69. The van der Waals surface area contributed by atoms with Crippen LogP contribution in [0.4, 0.5) is 0 Å². The lowest BCUT2D eigenvalue weighted by atomic mass is 10.1. The van der Waals surface area contributed by atoms with E-state index in [4.69, 9.17) is 4.74 Å². The van der Waals surface area contributed by atoms with E-state index in [9.17, 15) is 4.79 Å². The van der Waals surface area contributed by atoms with Gasteiger partial charge in [-0.1, -0.05) is 34.1 Å². The molecule has 2 rings (SSSR count). The highest BCUT2D eigenvalue weighted by molar-refractivity contribution is 9.09. The van der Waals surface area contributed by atoms with E-state index < -0.39 is 0 Å². The Labute approximate surface area is 110 Å². The molecule has 92 valence electrons. The second-order valence-electron chi connectivity index (χ2n) is 3.94. The summed E-state index contributed by atoms with van der Waals surface area (Å²) in [7, 11) is 0. The molecule has 0 saturated carbocycles. The zero-order chi connectivity index (χ0) is 12.3. The van der Waals surface area contributed by atoms with E-state index in [-0.39, 0.29) is 12.1 Å². The number of nitrogens with zero attached hydrogens (tertiary/aromatic N) is 1. The predicted octanol–water partition coefficient (Wildman–Crippen LogP) is 2.96. The summed E-state index contributed by atoms with van der Waals surface area (Å²) in [5, 5.41) is 0.895. The molecule has 0 aliphatic carbocycles. The summed E-state index contributed by atoms with van der Waals surface area (Å²) < 4.78 is 5.70. The standard InChI is InChI=1S/C13H16BrNO2/c1-2-17-13-11-7-4-3-6-10(11)12(16)15(13)9-5-8-14/h3-4,6-7,13H,2,5,8-9H2,1H3.